The van der Waals surface area contributed by atoms with E-state index in [1.807, 2.05) is 24.3 Å². The van der Waals surface area contributed by atoms with Gasteiger partial charge in [-0.05, 0) is 41.8 Å². The first-order valence-corrected chi connectivity index (χ1v) is 10.1. The van der Waals surface area contributed by atoms with Gasteiger partial charge < -0.3 is 5.32 Å². The van der Waals surface area contributed by atoms with E-state index in [4.69, 9.17) is 0 Å². The van der Waals surface area contributed by atoms with Crippen LogP contribution in [-0.4, -0.2) is 31.7 Å². The summed E-state index contributed by atoms with van der Waals surface area (Å²) in [5.41, 5.74) is 1.85. The molecule has 2 aromatic carbocycles. The third-order valence-electron chi connectivity index (χ3n) is 4.61. The molecular weight excluding hydrogens is 367 g/mol. The van der Waals surface area contributed by atoms with Gasteiger partial charge in [-0.1, -0.05) is 30.3 Å². The maximum absolute atomic E-state index is 13.2. The van der Waals surface area contributed by atoms with Crippen LogP contribution in [0.5, 0.6) is 0 Å². The molecule has 1 N–H and O–H groups in total. The van der Waals surface area contributed by atoms with E-state index < -0.39 is 21.9 Å². The Morgan fingerprint density at radius 3 is 2.63 bits per heavy atom. The van der Waals surface area contributed by atoms with Crippen molar-refractivity contribution in [3.8, 4) is 0 Å². The quantitative estimate of drug-likeness (QED) is 0.774. The molecule has 5 nitrogen and oxygen atoms in total. The molecule has 7 heteroatoms. The molecule has 0 spiro atoms. The smallest absolute Gasteiger partial charge is 0.243 e. The molecule has 0 unspecified atom stereocenters. The van der Waals surface area contributed by atoms with Crippen LogP contribution in [0.4, 0.5) is 4.39 Å². The van der Waals surface area contributed by atoms with Gasteiger partial charge in [0, 0.05) is 19.5 Å². The molecule has 1 aliphatic heterocycles. The van der Waals surface area contributed by atoms with E-state index >= 15 is 0 Å². The molecule has 0 aliphatic carbocycles. The molecule has 2 aromatic rings. The molecule has 1 amide bonds. The van der Waals surface area contributed by atoms with Gasteiger partial charge in [0.2, 0.25) is 15.9 Å². The van der Waals surface area contributed by atoms with Crippen molar-refractivity contribution < 1.29 is 17.6 Å². The molecule has 3 rings (SSSR count). The first kappa shape index (κ1) is 19.3. The Bertz CT molecular complexity index is 942. The van der Waals surface area contributed by atoms with Crippen LogP contribution in [0.25, 0.3) is 0 Å². The average molecular weight is 388 g/mol. The highest BCUT2D eigenvalue weighted by Crippen LogP contribution is 2.36. The SMILES string of the molecule is C=CCNC(=O)C[C@@H]1c2ccccc2CCN1S(=O)(=O)c1ccc(F)cc1. The van der Waals surface area contributed by atoms with Gasteiger partial charge in [-0.25, -0.2) is 12.8 Å². The average Bonchev–Trinajstić information content (AvgIpc) is 2.66. The number of rotatable bonds is 6. The highest BCUT2D eigenvalue weighted by atomic mass is 32.2. The Labute approximate surface area is 158 Å². The summed E-state index contributed by atoms with van der Waals surface area (Å²) >= 11 is 0. The standard InChI is InChI=1S/C20H21FN2O3S/c1-2-12-22-20(24)14-19-18-6-4-3-5-15(18)11-13-23(19)27(25,26)17-9-7-16(21)8-10-17/h2-10,19H,1,11-14H2,(H,22,24)/t19-/m1/s1. The molecule has 1 aliphatic rings. The van der Waals surface area contributed by atoms with E-state index in [9.17, 15) is 17.6 Å². The van der Waals surface area contributed by atoms with Crippen molar-refractivity contribution in [2.45, 2.75) is 23.8 Å². The number of fused-ring (bicyclic) bond motifs is 1. The van der Waals surface area contributed by atoms with E-state index in [0.29, 0.717) is 13.0 Å². The predicted molar refractivity (Wildman–Crippen MR) is 101 cm³/mol. The van der Waals surface area contributed by atoms with Crippen LogP contribution in [0, 0.1) is 5.82 Å². The molecule has 0 aromatic heterocycles. The Morgan fingerprint density at radius 1 is 1.22 bits per heavy atom. The fourth-order valence-corrected chi connectivity index (χ4v) is 4.91. The zero-order valence-electron chi connectivity index (χ0n) is 14.8. The molecular formula is C20H21FN2O3S. The lowest BCUT2D eigenvalue weighted by Gasteiger charge is -2.36. The molecule has 27 heavy (non-hydrogen) atoms. The van der Waals surface area contributed by atoms with E-state index in [1.54, 1.807) is 6.08 Å². The molecule has 1 atom stereocenters. The van der Waals surface area contributed by atoms with Crippen molar-refractivity contribution in [2.75, 3.05) is 13.1 Å². The lowest BCUT2D eigenvalue weighted by Crippen LogP contribution is -2.42. The maximum atomic E-state index is 13.2. The second-order valence-electron chi connectivity index (χ2n) is 6.33. The number of nitrogens with one attached hydrogen (secondary N) is 1. The van der Waals surface area contributed by atoms with Crippen molar-refractivity contribution in [2.24, 2.45) is 0 Å². The van der Waals surface area contributed by atoms with Crippen molar-refractivity contribution >= 4 is 15.9 Å². The first-order valence-electron chi connectivity index (χ1n) is 8.66. The largest absolute Gasteiger partial charge is 0.353 e. The van der Waals surface area contributed by atoms with Gasteiger partial charge in [0.1, 0.15) is 5.82 Å². The second kappa shape index (κ2) is 8.02. The number of carbonyl (C=O) groups excluding carboxylic acids is 1. The number of hydrogen-bond acceptors (Lipinski definition) is 3. The third-order valence-corrected chi connectivity index (χ3v) is 6.53. The van der Waals surface area contributed by atoms with Crippen LogP contribution in [-0.2, 0) is 21.2 Å². The number of hydrogen-bond donors (Lipinski definition) is 1. The van der Waals surface area contributed by atoms with Crippen LogP contribution in [0.15, 0.2) is 66.1 Å². The van der Waals surface area contributed by atoms with Crippen LogP contribution in [0.2, 0.25) is 0 Å². The minimum atomic E-state index is -3.87. The van der Waals surface area contributed by atoms with Gasteiger partial charge in [0.05, 0.1) is 10.9 Å². The number of sulfonamides is 1. The van der Waals surface area contributed by atoms with Crippen molar-refractivity contribution in [1.29, 1.82) is 0 Å². The highest BCUT2D eigenvalue weighted by Gasteiger charge is 2.37. The molecule has 0 bridgehead atoms. The third kappa shape index (κ3) is 4.09. The summed E-state index contributed by atoms with van der Waals surface area (Å²) < 4.78 is 40.9. The fourth-order valence-electron chi connectivity index (χ4n) is 3.30. The molecule has 1 heterocycles. The van der Waals surface area contributed by atoms with Gasteiger partial charge in [-0.2, -0.15) is 4.31 Å². The van der Waals surface area contributed by atoms with Crippen LogP contribution in [0.3, 0.4) is 0 Å². The van der Waals surface area contributed by atoms with E-state index in [2.05, 4.69) is 11.9 Å². The number of carbonyl (C=O) groups is 1. The number of nitrogens with zero attached hydrogens (tertiary/aromatic N) is 1. The Morgan fingerprint density at radius 2 is 1.93 bits per heavy atom. The Hall–Kier alpha value is -2.51. The zero-order chi connectivity index (χ0) is 19.4. The molecule has 0 saturated heterocycles. The molecule has 0 radical (unpaired) electrons. The van der Waals surface area contributed by atoms with Crippen LogP contribution >= 0.6 is 0 Å². The lowest BCUT2D eigenvalue weighted by atomic mass is 9.92. The minimum absolute atomic E-state index is 0.00524. The molecule has 0 fully saturated rings. The maximum Gasteiger partial charge on any atom is 0.243 e. The Kier molecular flexibility index (Phi) is 5.72. The summed E-state index contributed by atoms with van der Waals surface area (Å²) in [6.45, 7) is 4.14. The summed E-state index contributed by atoms with van der Waals surface area (Å²) in [5, 5.41) is 2.70. The monoisotopic (exact) mass is 388 g/mol. The van der Waals surface area contributed by atoms with Gasteiger partial charge in [0.25, 0.3) is 0 Å². The highest BCUT2D eigenvalue weighted by molar-refractivity contribution is 7.89. The Balaban J connectivity index is 1.98. The van der Waals surface area contributed by atoms with Gasteiger partial charge in [0.15, 0.2) is 0 Å². The van der Waals surface area contributed by atoms with Crippen LogP contribution in [0.1, 0.15) is 23.6 Å². The normalized spacial score (nSPS) is 17.1. The van der Waals surface area contributed by atoms with Gasteiger partial charge in [-0.3, -0.25) is 4.79 Å². The molecule has 0 saturated carbocycles. The van der Waals surface area contributed by atoms with E-state index in [0.717, 1.165) is 23.3 Å². The first-order chi connectivity index (χ1) is 12.9. The zero-order valence-corrected chi connectivity index (χ0v) is 15.6. The van der Waals surface area contributed by atoms with E-state index in [1.165, 1.54) is 16.4 Å². The summed E-state index contributed by atoms with van der Waals surface area (Å²) in [7, 11) is -3.87. The topological polar surface area (TPSA) is 66.5 Å². The summed E-state index contributed by atoms with van der Waals surface area (Å²) in [6.07, 6.45) is 2.13. The number of benzene rings is 2. The minimum Gasteiger partial charge on any atom is -0.353 e. The number of amides is 1. The van der Waals surface area contributed by atoms with Gasteiger partial charge >= 0.3 is 0 Å². The second-order valence-corrected chi connectivity index (χ2v) is 8.22. The fraction of sp³-hybridized carbons (Fsp3) is 0.250. The number of halogens is 1. The predicted octanol–water partition coefficient (Wildman–Crippen LogP) is 2.81. The summed E-state index contributed by atoms with van der Waals surface area (Å²) in [4.78, 5) is 12.3. The van der Waals surface area contributed by atoms with Crippen molar-refractivity contribution in [1.82, 2.24) is 9.62 Å². The van der Waals surface area contributed by atoms with E-state index in [-0.39, 0.29) is 23.8 Å². The van der Waals surface area contributed by atoms with Crippen LogP contribution < -0.4 is 5.32 Å². The van der Waals surface area contributed by atoms with Crippen molar-refractivity contribution in [3.63, 3.8) is 0 Å². The summed E-state index contributed by atoms with van der Waals surface area (Å²) in [5.74, 6) is -0.755. The summed E-state index contributed by atoms with van der Waals surface area (Å²) in [6, 6.07) is 11.7. The molecule has 142 valence electrons. The van der Waals surface area contributed by atoms with Crippen molar-refractivity contribution in [3.05, 3.63) is 78.1 Å². The lowest BCUT2D eigenvalue weighted by molar-refractivity contribution is -0.121. The van der Waals surface area contributed by atoms with Gasteiger partial charge in [-0.15, -0.1) is 6.58 Å².